The first-order valence-corrected chi connectivity index (χ1v) is 9.39. The van der Waals surface area contributed by atoms with Gasteiger partial charge in [0.15, 0.2) is 0 Å². The number of nitrogens with zero attached hydrogens (tertiary/aromatic N) is 4. The minimum atomic E-state index is -0.297. The van der Waals surface area contributed by atoms with Gasteiger partial charge in [-0.05, 0) is 62.2 Å². The number of halogens is 1. The Bertz CT molecular complexity index is 1110. The van der Waals surface area contributed by atoms with Crippen molar-refractivity contribution in [1.29, 1.82) is 0 Å². The van der Waals surface area contributed by atoms with E-state index < -0.39 is 0 Å². The Kier molecular flexibility index (Phi) is 4.84. The van der Waals surface area contributed by atoms with Crippen LogP contribution in [0.5, 0.6) is 0 Å². The second kappa shape index (κ2) is 7.47. The molecule has 3 aromatic rings. The van der Waals surface area contributed by atoms with Crippen LogP contribution in [0.4, 0.5) is 4.39 Å². The molecule has 1 aliphatic rings. The first kappa shape index (κ1) is 18.8. The third kappa shape index (κ3) is 3.74. The number of hydrogen-bond acceptors (Lipinski definition) is 3. The molecule has 2 heterocycles. The molecule has 0 N–H and O–H groups in total. The van der Waals surface area contributed by atoms with Crippen LogP contribution in [-0.2, 0) is 4.79 Å². The lowest BCUT2D eigenvalue weighted by molar-refractivity contribution is -0.124. The molecule has 29 heavy (non-hydrogen) atoms. The number of aliphatic imine (C=N–C) groups is 1. The van der Waals surface area contributed by atoms with Crippen LogP contribution in [0.3, 0.4) is 0 Å². The number of carbonyl (C=O) groups is 1. The zero-order chi connectivity index (χ0) is 20.5. The molecule has 2 aromatic carbocycles. The molecule has 1 aliphatic heterocycles. The Morgan fingerprint density at radius 1 is 1.03 bits per heavy atom. The summed E-state index contributed by atoms with van der Waals surface area (Å²) in [5, 5.41) is 0. The highest BCUT2D eigenvalue weighted by Crippen LogP contribution is 2.28. The summed E-state index contributed by atoms with van der Waals surface area (Å²) in [4.78, 5) is 23.3. The molecule has 6 heteroatoms. The highest BCUT2D eigenvalue weighted by atomic mass is 19.1. The van der Waals surface area contributed by atoms with Crippen molar-refractivity contribution >= 4 is 17.8 Å². The Morgan fingerprint density at radius 3 is 2.34 bits per heavy atom. The fraction of sp³-hybridized carbons (Fsp3) is 0.174. The van der Waals surface area contributed by atoms with Crippen LogP contribution in [0.1, 0.15) is 36.7 Å². The number of amidine groups is 1. The van der Waals surface area contributed by atoms with Gasteiger partial charge >= 0.3 is 0 Å². The third-order valence-electron chi connectivity index (χ3n) is 5.01. The van der Waals surface area contributed by atoms with E-state index in [1.54, 1.807) is 29.4 Å². The number of benzene rings is 2. The van der Waals surface area contributed by atoms with Crippen LogP contribution in [-0.4, -0.2) is 26.2 Å². The molecule has 4 rings (SSSR count). The molecule has 146 valence electrons. The van der Waals surface area contributed by atoms with Gasteiger partial charge < -0.3 is 4.57 Å². The van der Waals surface area contributed by atoms with E-state index in [0.717, 1.165) is 22.5 Å². The summed E-state index contributed by atoms with van der Waals surface area (Å²) in [5.74, 6) is 0.172. The number of aryl methyl sites for hydroxylation is 1. The van der Waals surface area contributed by atoms with Crippen LogP contribution in [0.25, 0.3) is 11.8 Å². The molecule has 0 unspecified atom stereocenters. The molecule has 5 nitrogen and oxygen atoms in total. The van der Waals surface area contributed by atoms with Gasteiger partial charge in [0.25, 0.3) is 5.91 Å². The molecule has 1 aromatic heterocycles. The summed E-state index contributed by atoms with van der Waals surface area (Å²) in [7, 11) is 0. The average Bonchev–Trinajstić information content (AvgIpc) is 3.25. The molecule has 0 aliphatic carbocycles. The second-order valence-electron chi connectivity index (χ2n) is 7.11. The highest BCUT2D eigenvalue weighted by molar-refractivity contribution is 6.13. The first-order chi connectivity index (χ1) is 13.9. The monoisotopic (exact) mass is 388 g/mol. The van der Waals surface area contributed by atoms with Crippen LogP contribution in [0, 0.1) is 12.7 Å². The number of amides is 1. The topological polar surface area (TPSA) is 50.5 Å². The van der Waals surface area contributed by atoms with Crippen molar-refractivity contribution < 1.29 is 9.18 Å². The van der Waals surface area contributed by atoms with Crippen molar-refractivity contribution in [2.75, 3.05) is 0 Å². The smallest absolute Gasteiger partial charge is 0.278 e. The number of carbonyl (C=O) groups excluding carboxylic acids is 1. The maximum absolute atomic E-state index is 13.2. The maximum Gasteiger partial charge on any atom is 0.278 e. The number of rotatable bonds is 4. The van der Waals surface area contributed by atoms with Crippen LogP contribution in [0.15, 0.2) is 71.7 Å². The molecule has 0 saturated carbocycles. The largest absolute Gasteiger partial charge is 0.306 e. The first-order valence-electron chi connectivity index (χ1n) is 9.39. The van der Waals surface area contributed by atoms with Crippen molar-refractivity contribution in [1.82, 2.24) is 14.5 Å². The van der Waals surface area contributed by atoms with Gasteiger partial charge in [0, 0.05) is 11.9 Å². The number of aromatic nitrogens is 2. The van der Waals surface area contributed by atoms with Crippen molar-refractivity contribution in [3.63, 3.8) is 0 Å². The number of hydrogen-bond donors (Lipinski definition) is 0. The van der Waals surface area contributed by atoms with E-state index in [1.807, 2.05) is 55.8 Å². The van der Waals surface area contributed by atoms with Gasteiger partial charge in [-0.1, -0.05) is 24.3 Å². The molecular formula is C23H21FN4O. The number of imidazole rings is 1. The minimum Gasteiger partial charge on any atom is -0.306 e. The molecule has 0 spiro atoms. The lowest BCUT2D eigenvalue weighted by Gasteiger charge is -2.24. The lowest BCUT2D eigenvalue weighted by atomic mass is 10.1. The van der Waals surface area contributed by atoms with E-state index >= 15 is 0 Å². The van der Waals surface area contributed by atoms with Crippen molar-refractivity contribution in [3.05, 3.63) is 89.4 Å². The van der Waals surface area contributed by atoms with Crippen molar-refractivity contribution in [3.8, 4) is 5.69 Å². The SMILES string of the molecule is CC1=N/C(=C\c2ccc(-n3cnc(C)c3)cc2)C(=O)N1[C@@H](C)c1ccc(F)cc1. The summed E-state index contributed by atoms with van der Waals surface area (Å²) in [6, 6.07) is 13.8. The van der Waals surface area contributed by atoms with E-state index in [4.69, 9.17) is 0 Å². The molecular weight excluding hydrogens is 367 g/mol. The Hall–Kier alpha value is -3.54. The van der Waals surface area contributed by atoms with E-state index in [2.05, 4.69) is 9.98 Å². The van der Waals surface area contributed by atoms with Gasteiger partial charge in [-0.3, -0.25) is 9.69 Å². The predicted octanol–water partition coefficient (Wildman–Crippen LogP) is 4.68. The Morgan fingerprint density at radius 2 is 1.72 bits per heavy atom. The zero-order valence-corrected chi connectivity index (χ0v) is 16.5. The van der Waals surface area contributed by atoms with E-state index in [9.17, 15) is 9.18 Å². The highest BCUT2D eigenvalue weighted by Gasteiger charge is 2.32. The quantitative estimate of drug-likeness (QED) is 0.609. The maximum atomic E-state index is 13.2. The zero-order valence-electron chi connectivity index (χ0n) is 16.5. The molecule has 1 atom stereocenters. The van der Waals surface area contributed by atoms with Crippen LogP contribution >= 0.6 is 0 Å². The predicted molar refractivity (Wildman–Crippen MR) is 111 cm³/mol. The van der Waals surface area contributed by atoms with Crippen molar-refractivity contribution in [2.24, 2.45) is 4.99 Å². The van der Waals surface area contributed by atoms with Crippen molar-refractivity contribution in [2.45, 2.75) is 26.8 Å². The van der Waals surface area contributed by atoms with E-state index in [0.29, 0.717) is 11.5 Å². The summed E-state index contributed by atoms with van der Waals surface area (Å²) >= 11 is 0. The lowest BCUT2D eigenvalue weighted by Crippen LogP contribution is -2.33. The Balaban J connectivity index is 1.55. The van der Waals surface area contributed by atoms with Crippen LogP contribution < -0.4 is 0 Å². The minimum absolute atomic E-state index is 0.159. The second-order valence-corrected chi connectivity index (χ2v) is 7.11. The fourth-order valence-corrected chi connectivity index (χ4v) is 3.45. The van der Waals surface area contributed by atoms with E-state index in [-0.39, 0.29) is 17.8 Å². The third-order valence-corrected chi connectivity index (χ3v) is 5.01. The van der Waals surface area contributed by atoms with Gasteiger partial charge in [0.2, 0.25) is 0 Å². The fourth-order valence-electron chi connectivity index (χ4n) is 3.45. The van der Waals surface area contributed by atoms with E-state index in [1.165, 1.54) is 12.1 Å². The summed E-state index contributed by atoms with van der Waals surface area (Å²) in [5.41, 5.74) is 4.09. The molecule has 0 fully saturated rings. The summed E-state index contributed by atoms with van der Waals surface area (Å²) in [6.07, 6.45) is 5.51. The summed E-state index contributed by atoms with van der Waals surface area (Å²) < 4.78 is 15.2. The van der Waals surface area contributed by atoms with Gasteiger partial charge in [-0.2, -0.15) is 0 Å². The van der Waals surface area contributed by atoms with Gasteiger partial charge in [0.05, 0.1) is 18.1 Å². The standard InChI is InChI=1S/C23H21FN4O/c1-15-13-27(14-25-15)21-10-4-18(5-11-21)12-22-23(29)28(17(3)26-22)16(2)19-6-8-20(24)9-7-19/h4-14,16H,1-3H3/b22-12-/t16-/m0/s1. The summed E-state index contributed by atoms with van der Waals surface area (Å²) in [6.45, 7) is 5.66. The van der Waals surface area contributed by atoms with Gasteiger partial charge in [-0.25, -0.2) is 14.4 Å². The van der Waals surface area contributed by atoms with Gasteiger partial charge in [0.1, 0.15) is 17.3 Å². The Labute approximate surface area is 168 Å². The van der Waals surface area contributed by atoms with Gasteiger partial charge in [-0.15, -0.1) is 0 Å². The normalized spacial score (nSPS) is 16.4. The molecule has 0 radical (unpaired) electrons. The van der Waals surface area contributed by atoms with Crippen LogP contribution in [0.2, 0.25) is 0 Å². The molecule has 0 saturated heterocycles. The average molecular weight is 388 g/mol. The molecule has 0 bridgehead atoms. The molecule has 1 amide bonds.